The van der Waals surface area contributed by atoms with Gasteiger partial charge in [-0.15, -0.1) is 0 Å². The van der Waals surface area contributed by atoms with E-state index in [4.69, 9.17) is 4.74 Å². The highest BCUT2D eigenvalue weighted by Gasteiger charge is 2.15. The zero-order chi connectivity index (χ0) is 14.4. The van der Waals surface area contributed by atoms with Crippen LogP contribution in [0.1, 0.15) is 30.1 Å². The summed E-state index contributed by atoms with van der Waals surface area (Å²) < 4.78 is 5.42. The molecule has 1 aromatic carbocycles. The molecule has 1 heterocycles. The van der Waals surface area contributed by atoms with Crippen LogP contribution in [0, 0.1) is 0 Å². The average Bonchev–Trinajstić information content (AvgIpc) is 2.46. The maximum atomic E-state index is 11.8. The lowest BCUT2D eigenvalue weighted by Crippen LogP contribution is -2.46. The van der Waals surface area contributed by atoms with E-state index < -0.39 is 0 Å². The second-order valence-electron chi connectivity index (χ2n) is 4.98. The molecule has 1 atom stereocenters. The molecule has 1 fully saturated rings. The number of piperidine rings is 1. The van der Waals surface area contributed by atoms with Crippen molar-refractivity contribution < 1.29 is 14.3 Å². The number of Topliss-reactive ketones (excluding diaryl/α,β-unsaturated/α-hetero) is 1. The molecule has 5 heteroatoms. The van der Waals surface area contributed by atoms with E-state index in [1.807, 2.05) is 0 Å². The van der Waals surface area contributed by atoms with Gasteiger partial charge in [-0.2, -0.15) is 0 Å². The van der Waals surface area contributed by atoms with Crippen LogP contribution in [-0.2, 0) is 4.79 Å². The predicted molar refractivity (Wildman–Crippen MR) is 76.0 cm³/mol. The zero-order valence-electron chi connectivity index (χ0n) is 11.6. The second-order valence-corrected chi connectivity index (χ2v) is 4.98. The molecule has 0 unspecified atom stereocenters. The minimum Gasteiger partial charge on any atom is -0.484 e. The topological polar surface area (TPSA) is 67.4 Å². The lowest BCUT2D eigenvalue weighted by molar-refractivity contribution is -0.123. The van der Waals surface area contributed by atoms with E-state index in [9.17, 15) is 9.59 Å². The van der Waals surface area contributed by atoms with Gasteiger partial charge in [0.05, 0.1) is 0 Å². The summed E-state index contributed by atoms with van der Waals surface area (Å²) in [6.45, 7) is 3.30. The molecule has 0 spiro atoms. The fourth-order valence-electron chi connectivity index (χ4n) is 2.20. The van der Waals surface area contributed by atoms with Crippen LogP contribution in [-0.4, -0.2) is 37.4 Å². The monoisotopic (exact) mass is 276 g/mol. The van der Waals surface area contributed by atoms with Gasteiger partial charge in [-0.05, 0) is 38.4 Å². The Morgan fingerprint density at radius 3 is 3.00 bits per heavy atom. The smallest absolute Gasteiger partial charge is 0.258 e. The van der Waals surface area contributed by atoms with Crippen LogP contribution in [0.2, 0.25) is 0 Å². The van der Waals surface area contributed by atoms with Crippen LogP contribution in [0.3, 0.4) is 0 Å². The summed E-state index contributed by atoms with van der Waals surface area (Å²) in [5.74, 6) is 0.384. The Labute approximate surface area is 118 Å². The first-order valence-electron chi connectivity index (χ1n) is 6.89. The summed E-state index contributed by atoms with van der Waals surface area (Å²) >= 11 is 0. The van der Waals surface area contributed by atoms with E-state index >= 15 is 0 Å². The Morgan fingerprint density at radius 2 is 2.30 bits per heavy atom. The van der Waals surface area contributed by atoms with Crippen molar-refractivity contribution in [1.29, 1.82) is 0 Å². The number of carbonyl (C=O) groups excluding carboxylic acids is 2. The van der Waals surface area contributed by atoms with Crippen LogP contribution < -0.4 is 15.4 Å². The summed E-state index contributed by atoms with van der Waals surface area (Å²) in [5, 5.41) is 6.17. The molecule has 1 aromatic rings. The fraction of sp³-hybridized carbons (Fsp3) is 0.467. The third kappa shape index (κ3) is 4.35. The standard InChI is InChI=1S/C15H20N2O3/c1-11(18)12-4-2-6-14(8-12)20-10-15(19)17-13-5-3-7-16-9-13/h2,4,6,8,13,16H,3,5,7,9-10H2,1H3,(H,17,19)/t13-/m0/s1. The van der Waals surface area contributed by atoms with E-state index in [0.717, 1.165) is 25.9 Å². The Kier molecular flexibility index (Phi) is 5.12. The van der Waals surface area contributed by atoms with Crippen LogP contribution >= 0.6 is 0 Å². The number of ether oxygens (including phenoxy) is 1. The van der Waals surface area contributed by atoms with E-state index in [1.165, 1.54) is 6.92 Å². The fourth-order valence-corrected chi connectivity index (χ4v) is 2.20. The number of carbonyl (C=O) groups is 2. The van der Waals surface area contributed by atoms with Gasteiger partial charge in [-0.25, -0.2) is 0 Å². The predicted octanol–water partition coefficient (Wildman–Crippen LogP) is 1.14. The molecular weight excluding hydrogens is 256 g/mol. The highest BCUT2D eigenvalue weighted by molar-refractivity contribution is 5.94. The maximum absolute atomic E-state index is 11.8. The molecule has 108 valence electrons. The van der Waals surface area contributed by atoms with E-state index in [0.29, 0.717) is 11.3 Å². The Bertz CT molecular complexity index is 482. The number of ketones is 1. The Balaban J connectivity index is 1.80. The molecule has 1 saturated heterocycles. The quantitative estimate of drug-likeness (QED) is 0.791. The molecule has 1 aliphatic rings. The normalized spacial score (nSPS) is 18.4. The molecule has 0 aliphatic carbocycles. The molecule has 2 N–H and O–H groups in total. The van der Waals surface area contributed by atoms with Gasteiger partial charge in [-0.3, -0.25) is 9.59 Å². The third-order valence-electron chi connectivity index (χ3n) is 3.27. The van der Waals surface area contributed by atoms with Gasteiger partial charge in [0.1, 0.15) is 5.75 Å². The zero-order valence-corrected chi connectivity index (χ0v) is 11.6. The molecule has 0 aromatic heterocycles. The molecule has 0 bridgehead atoms. The number of amides is 1. The number of rotatable bonds is 5. The maximum Gasteiger partial charge on any atom is 0.258 e. The number of nitrogens with one attached hydrogen (secondary N) is 2. The first kappa shape index (κ1) is 14.5. The lowest BCUT2D eigenvalue weighted by Gasteiger charge is -2.23. The van der Waals surface area contributed by atoms with Crippen molar-refractivity contribution in [3.63, 3.8) is 0 Å². The van der Waals surface area contributed by atoms with Gasteiger partial charge in [0.25, 0.3) is 5.91 Å². The largest absolute Gasteiger partial charge is 0.484 e. The van der Waals surface area contributed by atoms with Crippen LogP contribution in [0.5, 0.6) is 5.75 Å². The molecule has 1 aliphatic heterocycles. The second kappa shape index (κ2) is 7.05. The van der Waals surface area contributed by atoms with E-state index in [2.05, 4.69) is 10.6 Å². The van der Waals surface area contributed by atoms with Gasteiger partial charge in [0.15, 0.2) is 12.4 Å². The molecule has 5 nitrogen and oxygen atoms in total. The molecule has 2 rings (SSSR count). The van der Waals surface area contributed by atoms with Gasteiger partial charge in [-0.1, -0.05) is 12.1 Å². The SMILES string of the molecule is CC(=O)c1cccc(OCC(=O)N[C@H]2CCCNC2)c1. The summed E-state index contributed by atoms with van der Waals surface area (Å²) in [6.07, 6.45) is 2.07. The Morgan fingerprint density at radius 1 is 1.45 bits per heavy atom. The highest BCUT2D eigenvalue weighted by Crippen LogP contribution is 2.13. The van der Waals surface area contributed by atoms with Gasteiger partial charge in [0.2, 0.25) is 0 Å². The van der Waals surface area contributed by atoms with Crippen LogP contribution in [0.15, 0.2) is 24.3 Å². The number of hydrogen-bond acceptors (Lipinski definition) is 4. The summed E-state index contributed by atoms with van der Waals surface area (Å²) in [5.41, 5.74) is 0.583. The summed E-state index contributed by atoms with van der Waals surface area (Å²) in [4.78, 5) is 23.0. The van der Waals surface area contributed by atoms with Crippen molar-refractivity contribution in [3.8, 4) is 5.75 Å². The first-order valence-corrected chi connectivity index (χ1v) is 6.89. The highest BCUT2D eigenvalue weighted by atomic mass is 16.5. The minimum atomic E-state index is -0.132. The first-order chi connectivity index (χ1) is 9.65. The van der Waals surface area contributed by atoms with Crippen molar-refractivity contribution in [2.24, 2.45) is 0 Å². The van der Waals surface area contributed by atoms with Crippen molar-refractivity contribution in [1.82, 2.24) is 10.6 Å². The molecule has 0 radical (unpaired) electrons. The third-order valence-corrected chi connectivity index (χ3v) is 3.27. The minimum absolute atomic E-state index is 0.0202. The van der Waals surface area contributed by atoms with Crippen LogP contribution in [0.4, 0.5) is 0 Å². The number of hydrogen-bond donors (Lipinski definition) is 2. The summed E-state index contributed by atoms with van der Waals surface area (Å²) in [7, 11) is 0. The van der Waals surface area contributed by atoms with Gasteiger partial charge >= 0.3 is 0 Å². The molecular formula is C15H20N2O3. The van der Waals surface area contributed by atoms with Gasteiger partial charge in [0, 0.05) is 18.2 Å². The van der Waals surface area contributed by atoms with Crippen molar-refractivity contribution in [2.45, 2.75) is 25.8 Å². The molecule has 0 saturated carbocycles. The van der Waals surface area contributed by atoms with Crippen molar-refractivity contribution >= 4 is 11.7 Å². The van der Waals surface area contributed by atoms with Crippen molar-refractivity contribution in [3.05, 3.63) is 29.8 Å². The van der Waals surface area contributed by atoms with Crippen LogP contribution in [0.25, 0.3) is 0 Å². The van der Waals surface area contributed by atoms with E-state index in [-0.39, 0.29) is 24.3 Å². The molecule has 1 amide bonds. The van der Waals surface area contributed by atoms with Crippen molar-refractivity contribution in [2.75, 3.05) is 19.7 Å². The number of benzene rings is 1. The average molecular weight is 276 g/mol. The Hall–Kier alpha value is -1.88. The molecule has 20 heavy (non-hydrogen) atoms. The van der Waals surface area contributed by atoms with Gasteiger partial charge < -0.3 is 15.4 Å². The van der Waals surface area contributed by atoms with E-state index in [1.54, 1.807) is 24.3 Å². The lowest BCUT2D eigenvalue weighted by atomic mass is 10.1. The summed E-state index contributed by atoms with van der Waals surface area (Å²) in [6, 6.07) is 7.04.